The van der Waals surface area contributed by atoms with E-state index in [0.717, 1.165) is 5.56 Å². The second kappa shape index (κ2) is 9.15. The first-order valence-corrected chi connectivity index (χ1v) is 12.9. The molecule has 0 amide bonds. The molecule has 26 heavy (non-hydrogen) atoms. The molecule has 0 aliphatic heterocycles. The largest absolute Gasteiger partial charge is 0.234 e. The molecule has 4 heteroatoms. The molecule has 0 radical (unpaired) electrons. The Morgan fingerprint density at radius 1 is 0.962 bits per heavy atom. The van der Waals surface area contributed by atoms with Crippen molar-refractivity contribution in [3.63, 3.8) is 0 Å². The lowest BCUT2D eigenvalue weighted by Crippen LogP contribution is -2.43. The van der Waals surface area contributed by atoms with Crippen molar-refractivity contribution in [1.29, 1.82) is 0 Å². The maximum absolute atomic E-state index is 12.6. The molecule has 1 aromatic carbocycles. The van der Waals surface area contributed by atoms with E-state index in [4.69, 9.17) is 0 Å². The summed E-state index contributed by atoms with van der Waals surface area (Å²) in [6, 6.07) is 9.92. The van der Waals surface area contributed by atoms with Crippen LogP contribution in [0.4, 0.5) is 0 Å². The number of hydrogen-bond donors (Lipinski definition) is 0. The summed E-state index contributed by atoms with van der Waals surface area (Å²) in [6.07, 6.45) is 0. The van der Waals surface area contributed by atoms with Gasteiger partial charge in [-0.15, -0.1) is 5.54 Å². The first-order chi connectivity index (χ1) is 11.9. The van der Waals surface area contributed by atoms with Crippen LogP contribution in [0.5, 0.6) is 0 Å². The zero-order chi connectivity index (χ0) is 20.1. The average molecular weight is 390 g/mol. The standard InChI is InChI=1S/C22H35NOSSi/c1-17(2)26(18(3)4,19(5)6)16-15-21(20-13-11-10-12-14-20)23-25(24)22(7,8)9/h10-14,17-19H,1-9H3/b23-21-/t25-/m1/s1. The van der Waals surface area contributed by atoms with Crippen LogP contribution in [0.3, 0.4) is 0 Å². The van der Waals surface area contributed by atoms with Crippen LogP contribution in [0, 0.1) is 11.5 Å². The van der Waals surface area contributed by atoms with Gasteiger partial charge in [0.05, 0.1) is 4.75 Å². The Hall–Kier alpha value is -1.18. The van der Waals surface area contributed by atoms with Gasteiger partial charge >= 0.3 is 0 Å². The van der Waals surface area contributed by atoms with Crippen molar-refractivity contribution in [1.82, 2.24) is 0 Å². The zero-order valence-corrected chi connectivity index (χ0v) is 19.7. The lowest BCUT2D eigenvalue weighted by Gasteiger charge is -2.38. The van der Waals surface area contributed by atoms with Gasteiger partial charge in [0.1, 0.15) is 24.8 Å². The predicted octanol–water partition coefficient (Wildman–Crippen LogP) is 6.16. The molecule has 0 spiro atoms. The summed E-state index contributed by atoms with van der Waals surface area (Å²) in [5.41, 5.74) is 6.97. The molecule has 0 aliphatic rings. The smallest absolute Gasteiger partial charge is 0.146 e. The molecule has 0 heterocycles. The molecular formula is C22H35NOSSi. The Kier molecular flexibility index (Phi) is 8.04. The van der Waals surface area contributed by atoms with Crippen LogP contribution in [0.25, 0.3) is 0 Å². The minimum absolute atomic E-state index is 0.398. The third-order valence-corrected chi connectivity index (χ3v) is 12.7. The lowest BCUT2D eigenvalue weighted by atomic mass is 10.1. The molecule has 0 N–H and O–H groups in total. The van der Waals surface area contributed by atoms with Crippen molar-refractivity contribution in [2.45, 2.75) is 83.7 Å². The van der Waals surface area contributed by atoms with Crippen molar-refractivity contribution < 1.29 is 4.21 Å². The number of rotatable bonds is 5. The lowest BCUT2D eigenvalue weighted by molar-refractivity contribution is 0.651. The fraction of sp³-hybridized carbons (Fsp3) is 0.591. The third kappa shape index (κ3) is 5.41. The SMILES string of the molecule is CC(C)[Si](C#C/C(=N/[S@](=O)C(C)(C)C)c1ccccc1)(C(C)C)C(C)C. The molecular weight excluding hydrogens is 354 g/mol. The molecule has 1 aromatic rings. The van der Waals surface area contributed by atoms with Gasteiger partial charge in [0, 0.05) is 5.56 Å². The van der Waals surface area contributed by atoms with Gasteiger partial charge in [0.15, 0.2) is 0 Å². The van der Waals surface area contributed by atoms with Crippen LogP contribution < -0.4 is 0 Å². The summed E-state index contributed by atoms with van der Waals surface area (Å²) in [5.74, 6) is 3.39. The first kappa shape index (κ1) is 22.9. The molecule has 144 valence electrons. The van der Waals surface area contributed by atoms with Crippen LogP contribution in [0.15, 0.2) is 34.7 Å². The van der Waals surface area contributed by atoms with Crippen LogP contribution in [-0.2, 0) is 11.0 Å². The van der Waals surface area contributed by atoms with E-state index in [2.05, 4.69) is 57.4 Å². The highest BCUT2D eigenvalue weighted by molar-refractivity contribution is 7.85. The van der Waals surface area contributed by atoms with Gasteiger partial charge in [-0.3, -0.25) is 0 Å². The summed E-state index contributed by atoms with van der Waals surface area (Å²) in [5, 5.41) is 0. The molecule has 0 aliphatic carbocycles. The van der Waals surface area contributed by atoms with E-state index >= 15 is 0 Å². The van der Waals surface area contributed by atoms with Crippen molar-refractivity contribution >= 4 is 24.8 Å². The molecule has 0 saturated heterocycles. The van der Waals surface area contributed by atoms with Crippen molar-refractivity contribution in [3.8, 4) is 11.5 Å². The summed E-state index contributed by atoms with van der Waals surface area (Å²) in [7, 11) is -3.19. The van der Waals surface area contributed by atoms with Crippen LogP contribution in [0.2, 0.25) is 16.6 Å². The maximum atomic E-state index is 12.6. The highest BCUT2D eigenvalue weighted by Gasteiger charge is 2.41. The summed E-state index contributed by atoms with van der Waals surface area (Å²) in [4.78, 5) is 0. The summed E-state index contributed by atoms with van der Waals surface area (Å²) < 4.78 is 16.8. The molecule has 0 unspecified atom stereocenters. The normalized spacial score (nSPS) is 14.5. The van der Waals surface area contributed by atoms with E-state index < -0.39 is 23.8 Å². The quantitative estimate of drug-likeness (QED) is 0.337. The van der Waals surface area contributed by atoms with Gasteiger partial charge in [-0.2, -0.15) is 4.40 Å². The average Bonchev–Trinajstić information content (AvgIpc) is 2.53. The Morgan fingerprint density at radius 3 is 1.81 bits per heavy atom. The maximum Gasteiger partial charge on any atom is 0.146 e. The fourth-order valence-corrected chi connectivity index (χ4v) is 9.36. The van der Waals surface area contributed by atoms with Crippen LogP contribution >= 0.6 is 0 Å². The minimum Gasteiger partial charge on any atom is -0.234 e. The zero-order valence-electron chi connectivity index (χ0n) is 17.9. The van der Waals surface area contributed by atoms with Gasteiger partial charge in [-0.25, -0.2) is 4.21 Å². The summed E-state index contributed by atoms with van der Waals surface area (Å²) >= 11 is 0. The second-order valence-electron chi connectivity index (χ2n) is 8.81. The second-order valence-corrected chi connectivity index (χ2v) is 16.3. The Morgan fingerprint density at radius 2 is 1.42 bits per heavy atom. The highest BCUT2D eigenvalue weighted by Crippen LogP contribution is 2.40. The van der Waals surface area contributed by atoms with Gasteiger partial charge in [-0.05, 0) is 37.4 Å². The Bertz CT molecular complexity index is 681. The Labute approximate surface area is 164 Å². The van der Waals surface area contributed by atoms with Crippen LogP contribution in [0.1, 0.15) is 67.9 Å². The predicted molar refractivity (Wildman–Crippen MR) is 120 cm³/mol. The van der Waals surface area contributed by atoms with Gasteiger partial charge in [-0.1, -0.05) is 77.8 Å². The van der Waals surface area contributed by atoms with E-state index in [0.29, 0.717) is 22.3 Å². The number of benzene rings is 1. The van der Waals surface area contributed by atoms with Gasteiger partial charge < -0.3 is 0 Å². The topological polar surface area (TPSA) is 29.4 Å². The van der Waals surface area contributed by atoms with Crippen molar-refractivity contribution in [2.75, 3.05) is 0 Å². The molecule has 0 saturated carbocycles. The first-order valence-electron chi connectivity index (χ1n) is 9.52. The van der Waals surface area contributed by atoms with E-state index in [-0.39, 0.29) is 0 Å². The van der Waals surface area contributed by atoms with E-state index in [1.807, 2.05) is 51.1 Å². The van der Waals surface area contributed by atoms with Crippen LogP contribution in [-0.4, -0.2) is 22.7 Å². The summed E-state index contributed by atoms with van der Waals surface area (Å²) in [6.45, 7) is 19.6. The van der Waals surface area contributed by atoms with E-state index in [1.54, 1.807) is 0 Å². The van der Waals surface area contributed by atoms with Gasteiger partial charge in [0.25, 0.3) is 0 Å². The molecule has 0 aromatic heterocycles. The molecule has 0 fully saturated rings. The van der Waals surface area contributed by atoms with E-state index in [9.17, 15) is 4.21 Å². The monoisotopic (exact) mass is 389 g/mol. The third-order valence-electron chi connectivity index (χ3n) is 5.01. The van der Waals surface area contributed by atoms with Crippen molar-refractivity contribution in [3.05, 3.63) is 35.9 Å². The molecule has 1 rings (SSSR count). The van der Waals surface area contributed by atoms with E-state index in [1.165, 1.54) is 0 Å². The number of nitrogens with zero attached hydrogens (tertiary/aromatic N) is 1. The van der Waals surface area contributed by atoms with Crippen molar-refractivity contribution in [2.24, 2.45) is 4.40 Å². The van der Waals surface area contributed by atoms with Gasteiger partial charge in [0.2, 0.25) is 0 Å². The Balaban J connectivity index is 3.55. The highest BCUT2D eigenvalue weighted by atomic mass is 32.2. The fourth-order valence-electron chi connectivity index (χ4n) is 3.56. The minimum atomic E-state index is -1.86. The molecule has 1 atom stereocenters. The molecule has 0 bridgehead atoms. The number of hydrogen-bond acceptors (Lipinski definition) is 1. The molecule has 2 nitrogen and oxygen atoms in total.